The summed E-state index contributed by atoms with van der Waals surface area (Å²) in [7, 11) is 0. The molecule has 1 aliphatic heterocycles. The summed E-state index contributed by atoms with van der Waals surface area (Å²) in [6.45, 7) is -0.181. The van der Waals surface area contributed by atoms with E-state index in [0.29, 0.717) is 6.42 Å². The van der Waals surface area contributed by atoms with Crippen molar-refractivity contribution < 1.29 is 32.3 Å². The van der Waals surface area contributed by atoms with E-state index in [1.54, 1.807) is 6.07 Å². The number of nitrogens with one attached hydrogen (secondary N) is 2. The molecular weight excluding hydrogens is 417 g/mol. The lowest BCUT2D eigenvalue weighted by Gasteiger charge is -2.36. The Morgan fingerprint density at radius 2 is 2.13 bits per heavy atom. The van der Waals surface area contributed by atoms with Gasteiger partial charge in [0.1, 0.15) is 23.9 Å². The molecular formula is C20H21F3N4O4. The number of imide groups is 1. The summed E-state index contributed by atoms with van der Waals surface area (Å²) in [4.78, 5) is 38.5. The lowest BCUT2D eigenvalue weighted by atomic mass is 9.73. The van der Waals surface area contributed by atoms with Crippen LogP contribution >= 0.6 is 0 Å². The number of amides is 4. The fourth-order valence-corrected chi connectivity index (χ4v) is 3.96. The standard InChI is InChI=1S/C20H21F3N4O4/c1-12-4-2-3-7-19(12)17(29)27(18(30)26-19)10-16(28)25-14-5-6-15(13(8-14)9-24)31-11-20(21,22)23/h5-6,8,12H,2-4,7,10-11H2,1H3,(H,25,28)(H,26,30). The van der Waals surface area contributed by atoms with E-state index in [9.17, 15) is 27.6 Å². The van der Waals surface area contributed by atoms with Crippen molar-refractivity contribution in [1.82, 2.24) is 10.2 Å². The Kier molecular flexibility index (Phi) is 6.10. The summed E-state index contributed by atoms with van der Waals surface area (Å²) in [5.74, 6) is -1.45. The highest BCUT2D eigenvalue weighted by Gasteiger charge is 2.55. The molecule has 31 heavy (non-hydrogen) atoms. The highest BCUT2D eigenvalue weighted by molar-refractivity contribution is 6.10. The van der Waals surface area contributed by atoms with Gasteiger partial charge in [0.05, 0.1) is 5.56 Å². The van der Waals surface area contributed by atoms with Gasteiger partial charge in [-0.3, -0.25) is 14.5 Å². The van der Waals surface area contributed by atoms with Crippen molar-refractivity contribution in [2.75, 3.05) is 18.5 Å². The minimum atomic E-state index is -4.56. The number of rotatable bonds is 5. The third kappa shape index (κ3) is 4.73. The Labute approximate surface area is 176 Å². The summed E-state index contributed by atoms with van der Waals surface area (Å²) in [5.41, 5.74) is -1.07. The van der Waals surface area contributed by atoms with Crippen LogP contribution in [0, 0.1) is 17.2 Å². The number of urea groups is 1. The smallest absolute Gasteiger partial charge is 0.422 e. The largest absolute Gasteiger partial charge is 0.483 e. The van der Waals surface area contributed by atoms with E-state index in [4.69, 9.17) is 5.26 Å². The molecule has 2 atom stereocenters. The molecule has 2 fully saturated rings. The molecule has 2 N–H and O–H groups in total. The molecule has 1 saturated heterocycles. The molecule has 4 amide bonds. The molecule has 3 rings (SSSR count). The van der Waals surface area contributed by atoms with Gasteiger partial charge in [-0.05, 0) is 37.0 Å². The van der Waals surface area contributed by atoms with Crippen LogP contribution in [0.2, 0.25) is 0 Å². The molecule has 1 spiro atoms. The summed E-state index contributed by atoms with van der Waals surface area (Å²) in [5, 5.41) is 14.3. The predicted octanol–water partition coefficient (Wildman–Crippen LogP) is 2.94. The Hall–Kier alpha value is -3.29. The molecule has 0 aromatic heterocycles. The van der Waals surface area contributed by atoms with Crippen LogP contribution in [0.3, 0.4) is 0 Å². The van der Waals surface area contributed by atoms with Crippen LogP contribution in [0.25, 0.3) is 0 Å². The van der Waals surface area contributed by atoms with E-state index in [2.05, 4.69) is 15.4 Å². The van der Waals surface area contributed by atoms with Gasteiger partial charge in [-0.15, -0.1) is 0 Å². The van der Waals surface area contributed by atoms with Gasteiger partial charge >= 0.3 is 12.2 Å². The van der Waals surface area contributed by atoms with Gasteiger partial charge < -0.3 is 15.4 Å². The highest BCUT2D eigenvalue weighted by atomic mass is 19.4. The lowest BCUT2D eigenvalue weighted by molar-refractivity contribution is -0.153. The van der Waals surface area contributed by atoms with E-state index in [0.717, 1.165) is 36.3 Å². The van der Waals surface area contributed by atoms with Crippen LogP contribution in [0.4, 0.5) is 23.7 Å². The zero-order valence-corrected chi connectivity index (χ0v) is 16.7. The Morgan fingerprint density at radius 1 is 1.39 bits per heavy atom. The number of carbonyl (C=O) groups is 3. The SMILES string of the molecule is CC1CCCCC12NC(=O)N(CC(=O)Nc1ccc(OCC(F)(F)F)c(C#N)c1)C2=O. The summed E-state index contributed by atoms with van der Waals surface area (Å²) >= 11 is 0. The van der Waals surface area contributed by atoms with Crippen LogP contribution in [-0.4, -0.2) is 47.6 Å². The summed E-state index contributed by atoms with van der Waals surface area (Å²) < 4.78 is 41.5. The van der Waals surface area contributed by atoms with E-state index in [-0.39, 0.29) is 22.9 Å². The molecule has 166 valence electrons. The van der Waals surface area contributed by atoms with E-state index >= 15 is 0 Å². The van der Waals surface area contributed by atoms with E-state index < -0.39 is 42.7 Å². The maximum Gasteiger partial charge on any atom is 0.422 e. The molecule has 1 saturated carbocycles. The van der Waals surface area contributed by atoms with Crippen molar-refractivity contribution in [2.45, 2.75) is 44.3 Å². The quantitative estimate of drug-likeness (QED) is 0.687. The zero-order valence-electron chi connectivity index (χ0n) is 16.7. The second-order valence-electron chi connectivity index (χ2n) is 7.71. The minimum absolute atomic E-state index is 0.0480. The van der Waals surface area contributed by atoms with Crippen molar-refractivity contribution >= 4 is 23.5 Å². The third-order valence-electron chi connectivity index (χ3n) is 5.58. The number of alkyl halides is 3. The summed E-state index contributed by atoms with van der Waals surface area (Å²) in [6, 6.07) is 4.62. The Balaban J connectivity index is 1.66. The lowest BCUT2D eigenvalue weighted by Crippen LogP contribution is -2.54. The maximum atomic E-state index is 12.9. The zero-order chi connectivity index (χ0) is 22.8. The minimum Gasteiger partial charge on any atom is -0.483 e. The number of nitriles is 1. The van der Waals surface area contributed by atoms with E-state index in [1.807, 2.05) is 6.92 Å². The fraction of sp³-hybridized carbons (Fsp3) is 0.500. The summed E-state index contributed by atoms with van der Waals surface area (Å²) in [6.07, 6.45) is -1.48. The number of ether oxygens (including phenoxy) is 1. The van der Waals surface area contributed by atoms with Crippen LogP contribution in [0.15, 0.2) is 18.2 Å². The Bertz CT molecular complexity index is 943. The van der Waals surface area contributed by atoms with Gasteiger partial charge in [0, 0.05) is 5.69 Å². The fourth-order valence-electron chi connectivity index (χ4n) is 3.96. The van der Waals surface area contributed by atoms with Crippen molar-refractivity contribution in [3.05, 3.63) is 23.8 Å². The molecule has 1 aromatic carbocycles. The van der Waals surface area contributed by atoms with Gasteiger partial charge in [-0.2, -0.15) is 18.4 Å². The van der Waals surface area contributed by atoms with Crippen LogP contribution in [0.5, 0.6) is 5.75 Å². The van der Waals surface area contributed by atoms with Crippen LogP contribution < -0.4 is 15.4 Å². The molecule has 11 heteroatoms. The predicted molar refractivity (Wildman–Crippen MR) is 102 cm³/mol. The molecule has 1 aromatic rings. The number of halogens is 3. The number of benzene rings is 1. The number of anilines is 1. The first-order valence-electron chi connectivity index (χ1n) is 9.73. The van der Waals surface area contributed by atoms with Gasteiger partial charge in [0.15, 0.2) is 6.61 Å². The first-order chi connectivity index (χ1) is 14.6. The van der Waals surface area contributed by atoms with Crippen molar-refractivity contribution in [1.29, 1.82) is 5.26 Å². The average molecular weight is 438 g/mol. The average Bonchev–Trinajstić information content (AvgIpc) is 2.93. The molecule has 8 nitrogen and oxygen atoms in total. The molecule has 2 aliphatic rings. The van der Waals surface area contributed by atoms with Crippen molar-refractivity contribution in [2.24, 2.45) is 5.92 Å². The second-order valence-corrected chi connectivity index (χ2v) is 7.71. The van der Waals surface area contributed by atoms with Gasteiger partial charge in [0.2, 0.25) is 5.91 Å². The number of hydrogen-bond donors (Lipinski definition) is 2. The highest BCUT2D eigenvalue weighted by Crippen LogP contribution is 2.38. The normalized spacial score (nSPS) is 23.5. The molecule has 1 aliphatic carbocycles. The van der Waals surface area contributed by atoms with Gasteiger partial charge in [-0.25, -0.2) is 4.79 Å². The van der Waals surface area contributed by atoms with Gasteiger partial charge in [-0.1, -0.05) is 19.8 Å². The first kappa shape index (κ1) is 22.4. The molecule has 1 heterocycles. The topological polar surface area (TPSA) is 112 Å². The molecule has 2 unspecified atom stereocenters. The van der Waals surface area contributed by atoms with Crippen LogP contribution in [-0.2, 0) is 9.59 Å². The third-order valence-corrected chi connectivity index (χ3v) is 5.58. The Morgan fingerprint density at radius 3 is 2.77 bits per heavy atom. The first-order valence-corrected chi connectivity index (χ1v) is 9.73. The van der Waals surface area contributed by atoms with Crippen molar-refractivity contribution in [3.63, 3.8) is 0 Å². The number of carbonyl (C=O) groups excluding carboxylic acids is 3. The van der Waals surface area contributed by atoms with E-state index in [1.165, 1.54) is 6.07 Å². The molecule has 0 bridgehead atoms. The second kappa shape index (κ2) is 8.45. The number of hydrogen-bond acceptors (Lipinski definition) is 5. The molecule has 0 radical (unpaired) electrons. The monoisotopic (exact) mass is 438 g/mol. The van der Waals surface area contributed by atoms with Crippen molar-refractivity contribution in [3.8, 4) is 11.8 Å². The van der Waals surface area contributed by atoms with Gasteiger partial charge in [0.25, 0.3) is 5.91 Å². The van der Waals surface area contributed by atoms with Crippen LogP contribution in [0.1, 0.15) is 38.2 Å². The number of nitrogens with zero attached hydrogens (tertiary/aromatic N) is 2. The maximum absolute atomic E-state index is 12.9.